The van der Waals surface area contributed by atoms with Crippen molar-refractivity contribution >= 4 is 22.8 Å². The predicted octanol–water partition coefficient (Wildman–Crippen LogP) is 2.60. The van der Waals surface area contributed by atoms with Crippen LogP contribution in [0.1, 0.15) is 15.9 Å². The van der Waals surface area contributed by atoms with Crippen molar-refractivity contribution in [1.29, 1.82) is 0 Å². The highest BCUT2D eigenvalue weighted by molar-refractivity contribution is 5.99. The van der Waals surface area contributed by atoms with Gasteiger partial charge in [0.1, 0.15) is 11.8 Å². The van der Waals surface area contributed by atoms with Gasteiger partial charge in [-0.2, -0.15) is 0 Å². The molecule has 1 atom stereocenters. The van der Waals surface area contributed by atoms with E-state index in [1.165, 1.54) is 7.11 Å². The van der Waals surface area contributed by atoms with E-state index < -0.39 is 17.9 Å². The van der Waals surface area contributed by atoms with Gasteiger partial charge in [-0.15, -0.1) is 0 Å². The first-order valence-corrected chi connectivity index (χ1v) is 7.82. The van der Waals surface area contributed by atoms with Crippen LogP contribution in [-0.2, 0) is 11.2 Å². The normalized spacial score (nSPS) is 11.9. The molecule has 1 amide bonds. The van der Waals surface area contributed by atoms with Gasteiger partial charge in [0, 0.05) is 23.5 Å². The summed E-state index contributed by atoms with van der Waals surface area (Å²) in [5.41, 5.74) is 2.07. The van der Waals surface area contributed by atoms with Crippen molar-refractivity contribution in [2.24, 2.45) is 0 Å². The van der Waals surface area contributed by atoms with Gasteiger partial charge in [0.15, 0.2) is 0 Å². The minimum Gasteiger partial charge on any atom is -0.496 e. The Morgan fingerprint density at radius 3 is 2.64 bits per heavy atom. The van der Waals surface area contributed by atoms with E-state index in [4.69, 9.17) is 4.74 Å². The third kappa shape index (κ3) is 3.47. The quantitative estimate of drug-likeness (QED) is 0.644. The molecule has 0 spiro atoms. The number of H-pyrrole nitrogens is 1. The summed E-state index contributed by atoms with van der Waals surface area (Å²) in [5.74, 6) is -1.17. The van der Waals surface area contributed by atoms with Crippen molar-refractivity contribution < 1.29 is 19.4 Å². The van der Waals surface area contributed by atoms with Crippen LogP contribution in [0, 0.1) is 0 Å². The van der Waals surface area contributed by atoms with Crippen LogP contribution in [0.5, 0.6) is 5.75 Å². The average molecular weight is 338 g/mol. The molecule has 0 aliphatic rings. The molecule has 0 aliphatic carbocycles. The molecule has 2 aromatic carbocycles. The fourth-order valence-electron chi connectivity index (χ4n) is 2.79. The Hall–Kier alpha value is -3.28. The number of amides is 1. The van der Waals surface area contributed by atoms with Crippen molar-refractivity contribution in [3.63, 3.8) is 0 Å². The van der Waals surface area contributed by atoms with Crippen LogP contribution < -0.4 is 10.1 Å². The highest BCUT2D eigenvalue weighted by atomic mass is 16.5. The Labute approximate surface area is 144 Å². The minimum atomic E-state index is -1.09. The number of ether oxygens (including phenoxy) is 1. The maximum absolute atomic E-state index is 12.5. The van der Waals surface area contributed by atoms with Gasteiger partial charge < -0.3 is 20.1 Å². The molecule has 3 aromatic rings. The maximum atomic E-state index is 12.5. The Morgan fingerprint density at radius 2 is 1.88 bits per heavy atom. The van der Waals surface area contributed by atoms with E-state index in [1.54, 1.807) is 30.5 Å². The maximum Gasteiger partial charge on any atom is 0.326 e. The molecular weight excluding hydrogens is 320 g/mol. The molecule has 0 saturated heterocycles. The van der Waals surface area contributed by atoms with Crippen LogP contribution in [0.25, 0.3) is 10.9 Å². The van der Waals surface area contributed by atoms with E-state index in [9.17, 15) is 14.7 Å². The van der Waals surface area contributed by atoms with Crippen molar-refractivity contribution in [2.45, 2.75) is 12.5 Å². The number of aromatic amines is 1. The molecule has 0 unspecified atom stereocenters. The fraction of sp³-hybridized carbons (Fsp3) is 0.158. The van der Waals surface area contributed by atoms with Crippen LogP contribution >= 0.6 is 0 Å². The van der Waals surface area contributed by atoms with Gasteiger partial charge >= 0.3 is 5.97 Å². The van der Waals surface area contributed by atoms with E-state index in [1.807, 2.05) is 24.3 Å². The summed E-state index contributed by atoms with van der Waals surface area (Å²) in [6.07, 6.45) is 1.95. The van der Waals surface area contributed by atoms with Gasteiger partial charge in [-0.3, -0.25) is 4.79 Å². The number of carboxylic acids is 1. The SMILES string of the molecule is COc1ccccc1C(=O)N[C@@H](Cc1c[nH]c2ccccc12)C(=O)O. The summed E-state index contributed by atoms with van der Waals surface area (Å²) in [7, 11) is 1.47. The Balaban J connectivity index is 1.82. The Bertz CT molecular complexity index is 916. The number of rotatable bonds is 6. The number of nitrogens with one attached hydrogen (secondary N) is 2. The fourth-order valence-corrected chi connectivity index (χ4v) is 2.79. The zero-order valence-electron chi connectivity index (χ0n) is 13.7. The molecule has 1 heterocycles. The topological polar surface area (TPSA) is 91.4 Å². The number of hydrogen-bond donors (Lipinski definition) is 3. The number of aliphatic carboxylic acids is 1. The van der Waals surface area contributed by atoms with E-state index in [-0.39, 0.29) is 6.42 Å². The Morgan fingerprint density at radius 1 is 1.16 bits per heavy atom. The molecule has 1 aromatic heterocycles. The first kappa shape index (κ1) is 16.6. The number of aromatic nitrogens is 1. The van der Waals surface area contributed by atoms with Gasteiger partial charge in [0.25, 0.3) is 5.91 Å². The minimum absolute atomic E-state index is 0.181. The molecule has 25 heavy (non-hydrogen) atoms. The molecular formula is C19H18N2O4. The second kappa shape index (κ2) is 7.09. The van der Waals surface area contributed by atoms with Crippen LogP contribution in [0.15, 0.2) is 54.7 Å². The molecule has 0 fully saturated rings. The summed E-state index contributed by atoms with van der Waals surface area (Å²) in [4.78, 5) is 27.2. The summed E-state index contributed by atoms with van der Waals surface area (Å²) in [5, 5.41) is 13.0. The average Bonchev–Trinajstić information content (AvgIpc) is 3.04. The molecule has 0 saturated carbocycles. The van der Waals surface area contributed by atoms with Crippen molar-refractivity contribution in [3.05, 3.63) is 65.9 Å². The van der Waals surface area contributed by atoms with E-state index in [2.05, 4.69) is 10.3 Å². The van der Waals surface area contributed by atoms with Gasteiger partial charge in [0.2, 0.25) is 0 Å². The summed E-state index contributed by atoms with van der Waals surface area (Å²) < 4.78 is 5.16. The number of carbonyl (C=O) groups is 2. The number of fused-ring (bicyclic) bond motifs is 1. The lowest BCUT2D eigenvalue weighted by Gasteiger charge is -2.15. The highest BCUT2D eigenvalue weighted by Crippen LogP contribution is 2.20. The van der Waals surface area contributed by atoms with Gasteiger partial charge in [0.05, 0.1) is 12.7 Å². The molecule has 128 valence electrons. The van der Waals surface area contributed by atoms with Crippen LogP contribution in [0.2, 0.25) is 0 Å². The number of benzene rings is 2. The first-order valence-electron chi connectivity index (χ1n) is 7.82. The van der Waals surface area contributed by atoms with Crippen LogP contribution in [0.3, 0.4) is 0 Å². The summed E-state index contributed by atoms with van der Waals surface area (Å²) >= 11 is 0. The zero-order chi connectivity index (χ0) is 17.8. The molecule has 3 N–H and O–H groups in total. The monoisotopic (exact) mass is 338 g/mol. The highest BCUT2D eigenvalue weighted by Gasteiger charge is 2.23. The lowest BCUT2D eigenvalue weighted by molar-refractivity contribution is -0.139. The van der Waals surface area contributed by atoms with Crippen molar-refractivity contribution in [2.75, 3.05) is 7.11 Å². The second-order valence-corrected chi connectivity index (χ2v) is 5.63. The second-order valence-electron chi connectivity index (χ2n) is 5.63. The number of carboxylic acid groups (broad SMARTS) is 1. The largest absolute Gasteiger partial charge is 0.496 e. The molecule has 6 nitrogen and oxygen atoms in total. The summed E-state index contributed by atoms with van der Waals surface area (Å²) in [6.45, 7) is 0. The van der Waals surface area contributed by atoms with E-state index in [0.29, 0.717) is 11.3 Å². The lowest BCUT2D eigenvalue weighted by atomic mass is 10.0. The predicted molar refractivity (Wildman–Crippen MR) is 93.9 cm³/mol. The zero-order valence-corrected chi connectivity index (χ0v) is 13.7. The van der Waals surface area contributed by atoms with Crippen LogP contribution in [-0.4, -0.2) is 35.1 Å². The Kier molecular flexibility index (Phi) is 4.70. The number of carbonyl (C=O) groups excluding carboxylic acids is 1. The van der Waals surface area contributed by atoms with Gasteiger partial charge in [-0.1, -0.05) is 30.3 Å². The van der Waals surface area contributed by atoms with E-state index in [0.717, 1.165) is 16.5 Å². The van der Waals surface area contributed by atoms with Gasteiger partial charge in [-0.05, 0) is 23.8 Å². The molecule has 0 aliphatic heterocycles. The third-order valence-corrected chi connectivity index (χ3v) is 4.05. The van der Waals surface area contributed by atoms with Crippen molar-refractivity contribution in [1.82, 2.24) is 10.3 Å². The molecule has 0 radical (unpaired) electrons. The molecule has 0 bridgehead atoms. The lowest BCUT2D eigenvalue weighted by Crippen LogP contribution is -2.42. The van der Waals surface area contributed by atoms with Crippen molar-refractivity contribution in [3.8, 4) is 5.75 Å². The first-order chi connectivity index (χ1) is 12.1. The standard InChI is InChI=1S/C19H18N2O4/c1-25-17-9-5-3-7-14(17)18(22)21-16(19(23)24)10-12-11-20-15-8-4-2-6-13(12)15/h2-9,11,16,20H,10H2,1H3,(H,21,22)(H,23,24)/t16-/m0/s1. The number of hydrogen-bond acceptors (Lipinski definition) is 3. The van der Waals surface area contributed by atoms with Gasteiger partial charge in [-0.25, -0.2) is 4.79 Å². The third-order valence-electron chi connectivity index (χ3n) is 4.05. The molecule has 6 heteroatoms. The molecule has 3 rings (SSSR count). The smallest absolute Gasteiger partial charge is 0.326 e. The van der Waals surface area contributed by atoms with E-state index >= 15 is 0 Å². The number of para-hydroxylation sites is 2. The summed E-state index contributed by atoms with van der Waals surface area (Å²) in [6, 6.07) is 13.3. The number of methoxy groups -OCH3 is 1. The van der Waals surface area contributed by atoms with Crippen LogP contribution in [0.4, 0.5) is 0 Å².